The minimum atomic E-state index is -4.29. The zero-order chi connectivity index (χ0) is 20.9. The SMILES string of the molecule is Fc1cc2c3c(c1)nc(CN1CCC(c4ccc(C(F)(F)F)cc4)CC1)n3CCC2. The Kier molecular flexibility index (Phi) is 4.81. The Balaban J connectivity index is 1.28. The Bertz CT molecular complexity index is 1060. The summed E-state index contributed by atoms with van der Waals surface area (Å²) in [6, 6.07) is 8.73. The van der Waals surface area contributed by atoms with Crippen LogP contribution in [0.15, 0.2) is 36.4 Å². The Morgan fingerprint density at radius 3 is 2.43 bits per heavy atom. The lowest BCUT2D eigenvalue weighted by molar-refractivity contribution is -0.137. The summed E-state index contributed by atoms with van der Waals surface area (Å²) in [5, 5.41) is 0. The van der Waals surface area contributed by atoms with Gasteiger partial charge in [0, 0.05) is 12.6 Å². The number of rotatable bonds is 3. The lowest BCUT2D eigenvalue weighted by Crippen LogP contribution is -2.33. The molecule has 2 aliphatic heterocycles. The summed E-state index contributed by atoms with van der Waals surface area (Å²) in [6.07, 6.45) is -0.599. The lowest BCUT2D eigenvalue weighted by Gasteiger charge is -2.32. The van der Waals surface area contributed by atoms with Gasteiger partial charge in [0.2, 0.25) is 0 Å². The van der Waals surface area contributed by atoms with Crippen LogP contribution in [-0.4, -0.2) is 27.5 Å². The molecular formula is C23H23F4N3. The molecule has 0 unspecified atom stereocenters. The van der Waals surface area contributed by atoms with Gasteiger partial charge in [0.1, 0.15) is 11.6 Å². The molecule has 1 aromatic heterocycles. The number of hydrogen-bond donors (Lipinski definition) is 0. The van der Waals surface area contributed by atoms with Crippen LogP contribution in [0, 0.1) is 5.82 Å². The molecule has 3 nitrogen and oxygen atoms in total. The number of imidazole rings is 1. The molecule has 0 aliphatic carbocycles. The Hall–Kier alpha value is -2.41. The highest BCUT2D eigenvalue weighted by molar-refractivity contribution is 5.80. The molecule has 2 aromatic carbocycles. The first-order chi connectivity index (χ1) is 14.4. The van der Waals surface area contributed by atoms with Crippen molar-refractivity contribution in [1.82, 2.24) is 14.5 Å². The smallest absolute Gasteiger partial charge is 0.327 e. The molecule has 1 saturated heterocycles. The van der Waals surface area contributed by atoms with Crippen molar-refractivity contribution in [3.05, 3.63) is 64.7 Å². The Labute approximate surface area is 172 Å². The first-order valence-electron chi connectivity index (χ1n) is 10.5. The summed E-state index contributed by atoms with van der Waals surface area (Å²) >= 11 is 0. The van der Waals surface area contributed by atoms with Gasteiger partial charge in [-0.25, -0.2) is 9.37 Å². The fourth-order valence-electron chi connectivity index (χ4n) is 4.91. The van der Waals surface area contributed by atoms with Crippen molar-refractivity contribution in [2.45, 2.75) is 50.9 Å². The molecular weight excluding hydrogens is 394 g/mol. The number of halogens is 4. The van der Waals surface area contributed by atoms with Gasteiger partial charge < -0.3 is 4.57 Å². The van der Waals surface area contributed by atoms with Crippen LogP contribution >= 0.6 is 0 Å². The van der Waals surface area contributed by atoms with Gasteiger partial charge in [0.15, 0.2) is 0 Å². The van der Waals surface area contributed by atoms with Crippen molar-refractivity contribution in [1.29, 1.82) is 0 Å². The minimum absolute atomic E-state index is 0.229. The third-order valence-electron chi connectivity index (χ3n) is 6.45. The average Bonchev–Trinajstić information content (AvgIpc) is 3.06. The van der Waals surface area contributed by atoms with Gasteiger partial charge >= 0.3 is 6.18 Å². The van der Waals surface area contributed by atoms with E-state index in [2.05, 4.69) is 9.47 Å². The van der Waals surface area contributed by atoms with Crippen molar-refractivity contribution in [3.8, 4) is 0 Å². The number of aromatic nitrogens is 2. The monoisotopic (exact) mass is 417 g/mol. The molecule has 0 saturated carbocycles. The minimum Gasteiger partial charge on any atom is -0.327 e. The standard InChI is InChI=1S/C23H23F4N3/c24-19-12-17-2-1-9-30-21(28-20(13-19)22(17)30)14-29-10-7-16(8-11-29)15-3-5-18(6-4-15)23(25,26)27/h3-6,12-13,16H,1-2,7-11,14H2. The molecule has 0 amide bonds. The van der Waals surface area contributed by atoms with Crippen LogP contribution in [0.4, 0.5) is 17.6 Å². The van der Waals surface area contributed by atoms with Crippen LogP contribution in [0.3, 0.4) is 0 Å². The van der Waals surface area contributed by atoms with Gasteiger partial charge in [-0.3, -0.25) is 4.90 Å². The first-order valence-corrected chi connectivity index (χ1v) is 10.5. The van der Waals surface area contributed by atoms with E-state index in [4.69, 9.17) is 4.98 Å². The molecule has 30 heavy (non-hydrogen) atoms. The zero-order valence-corrected chi connectivity index (χ0v) is 16.6. The molecule has 3 aromatic rings. The summed E-state index contributed by atoms with van der Waals surface area (Å²) in [5.41, 5.74) is 3.22. The van der Waals surface area contributed by atoms with E-state index >= 15 is 0 Å². The quantitative estimate of drug-likeness (QED) is 0.523. The molecule has 0 bridgehead atoms. The van der Waals surface area contributed by atoms with E-state index in [1.165, 1.54) is 18.2 Å². The number of piperidine rings is 1. The van der Waals surface area contributed by atoms with Crippen LogP contribution < -0.4 is 0 Å². The summed E-state index contributed by atoms with van der Waals surface area (Å²) in [6.45, 7) is 3.37. The maximum atomic E-state index is 13.9. The molecule has 5 rings (SSSR count). The lowest BCUT2D eigenvalue weighted by atomic mass is 9.89. The normalized spacial score (nSPS) is 18.3. The molecule has 0 radical (unpaired) electrons. The van der Waals surface area contributed by atoms with Crippen molar-refractivity contribution >= 4 is 11.0 Å². The van der Waals surface area contributed by atoms with Crippen LogP contribution in [-0.2, 0) is 25.7 Å². The summed E-state index contributed by atoms with van der Waals surface area (Å²) < 4.78 is 54.4. The fraction of sp³-hybridized carbons (Fsp3) is 0.435. The van der Waals surface area contributed by atoms with E-state index in [9.17, 15) is 17.6 Å². The molecule has 158 valence electrons. The molecule has 3 heterocycles. The van der Waals surface area contributed by atoms with E-state index in [0.29, 0.717) is 0 Å². The topological polar surface area (TPSA) is 21.1 Å². The Morgan fingerprint density at radius 2 is 1.73 bits per heavy atom. The predicted octanol–water partition coefficient (Wildman–Crippen LogP) is 5.52. The molecule has 0 N–H and O–H groups in total. The molecule has 0 spiro atoms. The van der Waals surface area contributed by atoms with E-state index in [-0.39, 0.29) is 11.7 Å². The van der Waals surface area contributed by atoms with E-state index < -0.39 is 11.7 Å². The number of nitrogens with zero attached hydrogens (tertiary/aromatic N) is 3. The third-order valence-corrected chi connectivity index (χ3v) is 6.45. The second-order valence-electron chi connectivity index (χ2n) is 8.39. The van der Waals surface area contributed by atoms with Crippen LogP contribution in [0.25, 0.3) is 11.0 Å². The molecule has 7 heteroatoms. The molecule has 0 atom stereocenters. The average molecular weight is 417 g/mol. The highest BCUT2D eigenvalue weighted by Crippen LogP contribution is 2.34. The number of hydrogen-bond acceptors (Lipinski definition) is 2. The van der Waals surface area contributed by atoms with Crippen molar-refractivity contribution in [2.75, 3.05) is 13.1 Å². The van der Waals surface area contributed by atoms with E-state index in [1.807, 2.05) is 0 Å². The maximum absolute atomic E-state index is 13.9. The second-order valence-corrected chi connectivity index (χ2v) is 8.39. The zero-order valence-electron chi connectivity index (χ0n) is 16.6. The van der Waals surface area contributed by atoms with Gasteiger partial charge in [-0.15, -0.1) is 0 Å². The number of likely N-dealkylation sites (tertiary alicyclic amines) is 1. The molecule has 1 fully saturated rings. The van der Waals surface area contributed by atoms with Gasteiger partial charge in [0.05, 0.1) is 23.1 Å². The van der Waals surface area contributed by atoms with Crippen molar-refractivity contribution in [3.63, 3.8) is 0 Å². The first kappa shape index (κ1) is 19.5. The number of aryl methyl sites for hydroxylation is 2. The fourth-order valence-corrected chi connectivity index (χ4v) is 4.91. The van der Waals surface area contributed by atoms with E-state index in [1.54, 1.807) is 18.2 Å². The largest absolute Gasteiger partial charge is 0.416 e. The maximum Gasteiger partial charge on any atom is 0.416 e. The molecule has 2 aliphatic rings. The van der Waals surface area contributed by atoms with Crippen LogP contribution in [0.1, 0.15) is 47.7 Å². The summed E-state index contributed by atoms with van der Waals surface area (Å²) in [4.78, 5) is 7.07. The van der Waals surface area contributed by atoms with Crippen molar-refractivity contribution < 1.29 is 17.6 Å². The highest BCUT2D eigenvalue weighted by atomic mass is 19.4. The Morgan fingerprint density at radius 1 is 1.00 bits per heavy atom. The van der Waals surface area contributed by atoms with Crippen LogP contribution in [0.5, 0.6) is 0 Å². The van der Waals surface area contributed by atoms with Crippen molar-refractivity contribution in [2.24, 2.45) is 0 Å². The predicted molar refractivity (Wildman–Crippen MR) is 107 cm³/mol. The van der Waals surface area contributed by atoms with Gasteiger partial charge in [-0.2, -0.15) is 13.2 Å². The summed E-state index contributed by atoms with van der Waals surface area (Å²) in [7, 11) is 0. The van der Waals surface area contributed by atoms with Gasteiger partial charge in [0.25, 0.3) is 0 Å². The highest BCUT2D eigenvalue weighted by Gasteiger charge is 2.31. The van der Waals surface area contributed by atoms with E-state index in [0.717, 1.165) is 79.8 Å². The van der Waals surface area contributed by atoms with Gasteiger partial charge in [-0.1, -0.05) is 12.1 Å². The van der Waals surface area contributed by atoms with Gasteiger partial charge in [-0.05, 0) is 74.0 Å². The third kappa shape index (κ3) is 3.60. The van der Waals surface area contributed by atoms with Crippen LogP contribution in [0.2, 0.25) is 0 Å². The summed E-state index contributed by atoms with van der Waals surface area (Å²) in [5.74, 6) is 1.03. The second kappa shape index (κ2) is 7.38. The number of alkyl halides is 3. The number of benzene rings is 2.